The zero-order chi connectivity index (χ0) is 34.2. The number of rotatable bonds is 8. The number of primary amides is 3. The zero-order valence-electron chi connectivity index (χ0n) is 26.2. The molecular weight excluding hydrogens is 633 g/mol. The number of ketones is 5. The molecule has 4 atom stereocenters. The fourth-order valence-corrected chi connectivity index (χ4v) is 4.93. The maximum atomic E-state index is 12.8. The van der Waals surface area contributed by atoms with E-state index in [4.69, 9.17) is 20.3 Å². The maximum Gasteiger partial charge on any atom is 1.00 e. The Hall–Kier alpha value is -4.48. The molecule has 3 heterocycles. The molecule has 0 spiro atoms. The smallest absolute Gasteiger partial charge is 1.00 e. The fraction of sp³-hybridized carbons (Fsp3) is 0.333. The number of aliphatic hydroxyl groups is 2. The Morgan fingerprint density at radius 3 is 1.30 bits per heavy atom. The first kappa shape index (κ1) is 38.7. The number of carbonyl (C=O) groups excluding carboxylic acids is 8. The van der Waals surface area contributed by atoms with Crippen molar-refractivity contribution in [3.8, 4) is 0 Å². The fourth-order valence-electron chi connectivity index (χ4n) is 4.93. The van der Waals surface area contributed by atoms with E-state index in [1.54, 1.807) is 0 Å². The Kier molecular flexibility index (Phi) is 13.5. The van der Waals surface area contributed by atoms with Crippen molar-refractivity contribution >= 4 is 46.6 Å². The molecule has 0 saturated heterocycles. The number of Topliss-reactive ketones (excluding diaryl/α,β-unsaturated/α-hetero) is 5. The van der Waals surface area contributed by atoms with Crippen molar-refractivity contribution in [3.05, 3.63) is 72.5 Å². The molecule has 4 unspecified atom stereocenters. The number of amides is 3. The molecule has 16 nitrogen and oxygen atoms in total. The summed E-state index contributed by atoms with van der Waals surface area (Å²) in [5.41, 5.74) is 10.2. The summed E-state index contributed by atoms with van der Waals surface area (Å²) < 4.78 is 14.7. The molecule has 8 N–H and O–H groups in total. The van der Waals surface area contributed by atoms with Crippen LogP contribution in [0.25, 0.3) is 0 Å². The largest absolute Gasteiger partial charge is 1.00 e. The molecule has 2 fully saturated rings. The molecule has 0 aliphatic heterocycles. The molecule has 3 aromatic rings. The van der Waals surface area contributed by atoms with E-state index in [1.807, 2.05) is 0 Å². The van der Waals surface area contributed by atoms with Gasteiger partial charge in [-0.05, 0) is 36.4 Å². The van der Waals surface area contributed by atoms with Crippen molar-refractivity contribution in [2.45, 2.75) is 49.7 Å². The van der Waals surface area contributed by atoms with Crippen LogP contribution < -0.4 is 46.8 Å². The van der Waals surface area contributed by atoms with Gasteiger partial charge < -0.3 is 42.1 Å². The maximum absolute atomic E-state index is 12.8. The molecule has 47 heavy (non-hydrogen) atoms. The van der Waals surface area contributed by atoms with Crippen LogP contribution in [-0.2, 0) is 44.8 Å². The van der Waals surface area contributed by atoms with Crippen molar-refractivity contribution in [3.63, 3.8) is 0 Å². The topological polar surface area (TPSA) is 294 Å². The molecule has 2 aliphatic carbocycles. The number of carbonyl (C=O) groups is 8. The van der Waals surface area contributed by atoms with Crippen LogP contribution in [0.5, 0.6) is 0 Å². The third-order valence-corrected chi connectivity index (χ3v) is 7.48. The standard InChI is InChI=1S/C18H18N2O8.C6H5NO3.C6H8O2.Na.H/c19-15(23)17(25,13-3-1-5-27-13)9-7-12(22)10(8-11(9)21)18(26,16(20)24)14-4-2-6-28-14;7-6(9)5(8)4-2-1-3-10-4;7-5-1-2-6(8)4-3-5;;/h1-6,9-10,25-26H,7-8H2,(H2,19,23)(H2,20,24);1-3H,(H2,7,9);1-4H2;;/q;;;+1;-1. The van der Waals surface area contributed by atoms with Crippen LogP contribution in [0.4, 0.5) is 0 Å². The molecule has 3 amide bonds. The molecule has 0 aromatic carbocycles. The summed E-state index contributed by atoms with van der Waals surface area (Å²) in [5, 5.41) is 21.7. The molecule has 0 radical (unpaired) electrons. The van der Waals surface area contributed by atoms with Crippen LogP contribution in [0, 0.1) is 11.8 Å². The second-order valence-electron chi connectivity index (χ2n) is 10.4. The Labute approximate surface area is 289 Å². The third kappa shape index (κ3) is 8.66. The van der Waals surface area contributed by atoms with E-state index in [1.165, 1.54) is 55.2 Å². The molecule has 5 rings (SSSR count). The Bertz CT molecular complexity index is 1520. The van der Waals surface area contributed by atoms with Gasteiger partial charge in [-0.3, -0.25) is 38.4 Å². The number of nitrogens with two attached hydrogens (primary N) is 3. The Balaban J connectivity index is 0.000000471. The summed E-state index contributed by atoms with van der Waals surface area (Å²) >= 11 is 0. The van der Waals surface area contributed by atoms with Crippen molar-refractivity contribution in [2.24, 2.45) is 29.0 Å². The number of furan rings is 3. The number of hydrogen-bond donors (Lipinski definition) is 5. The van der Waals surface area contributed by atoms with Gasteiger partial charge in [0.15, 0.2) is 5.76 Å². The minimum Gasteiger partial charge on any atom is -1.00 e. The first-order valence-corrected chi connectivity index (χ1v) is 13.7. The predicted octanol–water partition coefficient (Wildman–Crippen LogP) is -3.15. The normalized spacial score (nSPS) is 20.1. The van der Waals surface area contributed by atoms with Gasteiger partial charge in [0.25, 0.3) is 23.5 Å². The monoisotopic (exact) mass is 665 g/mol. The van der Waals surface area contributed by atoms with Gasteiger partial charge in [0, 0.05) is 38.5 Å². The average molecular weight is 666 g/mol. The molecule has 2 saturated carbocycles. The van der Waals surface area contributed by atoms with E-state index in [0.29, 0.717) is 25.7 Å². The third-order valence-electron chi connectivity index (χ3n) is 7.48. The number of hydrogen-bond acceptors (Lipinski definition) is 13. The van der Waals surface area contributed by atoms with Gasteiger partial charge >= 0.3 is 29.6 Å². The van der Waals surface area contributed by atoms with Gasteiger partial charge in [-0.1, -0.05) is 0 Å². The summed E-state index contributed by atoms with van der Waals surface area (Å²) in [6, 6.07) is 8.14. The van der Waals surface area contributed by atoms with Crippen LogP contribution in [0.1, 0.15) is 62.0 Å². The van der Waals surface area contributed by atoms with Crippen LogP contribution in [0.3, 0.4) is 0 Å². The van der Waals surface area contributed by atoms with Crippen LogP contribution in [0.2, 0.25) is 0 Å². The summed E-state index contributed by atoms with van der Waals surface area (Å²) in [4.78, 5) is 91.2. The van der Waals surface area contributed by atoms with E-state index in [2.05, 4.69) is 10.2 Å². The van der Waals surface area contributed by atoms with Gasteiger partial charge in [-0.15, -0.1) is 0 Å². The minimum absolute atomic E-state index is 0. The van der Waals surface area contributed by atoms with E-state index in [0.717, 1.165) is 0 Å². The zero-order valence-corrected chi connectivity index (χ0v) is 27.2. The van der Waals surface area contributed by atoms with E-state index < -0.39 is 71.0 Å². The quantitative estimate of drug-likeness (QED) is 0.0903. The molecule has 246 valence electrons. The predicted molar refractivity (Wildman–Crippen MR) is 152 cm³/mol. The SMILES string of the molecule is NC(=O)C(=O)c1ccco1.NC(=O)C(O)(c1ccco1)C1CC(=O)C(C(O)(C(N)=O)c2ccco2)CC1=O.O=C1CCC(=O)CC1.[H-].[Na+]. The molecule has 3 aromatic heterocycles. The first-order chi connectivity index (χ1) is 21.6. The molecule has 2 aliphatic rings. The Morgan fingerprint density at radius 1 is 0.660 bits per heavy atom. The van der Waals surface area contributed by atoms with Crippen molar-refractivity contribution in [2.75, 3.05) is 0 Å². The van der Waals surface area contributed by atoms with Crippen LogP contribution in [0.15, 0.2) is 68.4 Å². The summed E-state index contributed by atoms with van der Waals surface area (Å²) in [7, 11) is 0. The summed E-state index contributed by atoms with van der Waals surface area (Å²) in [6.45, 7) is 0. The second kappa shape index (κ2) is 16.4. The van der Waals surface area contributed by atoms with Crippen molar-refractivity contribution < 1.29 is 92.8 Å². The van der Waals surface area contributed by atoms with E-state index >= 15 is 0 Å². The van der Waals surface area contributed by atoms with Gasteiger partial charge in [0.1, 0.15) is 34.7 Å². The van der Waals surface area contributed by atoms with Gasteiger partial charge in [0.2, 0.25) is 11.2 Å². The van der Waals surface area contributed by atoms with E-state index in [9.17, 15) is 48.6 Å². The van der Waals surface area contributed by atoms with Gasteiger partial charge in [-0.25, -0.2) is 0 Å². The van der Waals surface area contributed by atoms with Crippen LogP contribution in [-0.4, -0.2) is 56.9 Å². The Morgan fingerprint density at radius 2 is 1.02 bits per heavy atom. The van der Waals surface area contributed by atoms with Gasteiger partial charge in [0.05, 0.1) is 30.6 Å². The molecule has 0 bridgehead atoms. The summed E-state index contributed by atoms with van der Waals surface area (Å²) in [5.74, 6) is -9.11. The van der Waals surface area contributed by atoms with Gasteiger partial charge in [-0.2, -0.15) is 0 Å². The summed E-state index contributed by atoms with van der Waals surface area (Å²) in [6.07, 6.45) is 4.25. The van der Waals surface area contributed by atoms with Crippen LogP contribution >= 0.6 is 0 Å². The second-order valence-corrected chi connectivity index (χ2v) is 10.4. The van der Waals surface area contributed by atoms with E-state index in [-0.39, 0.29) is 59.8 Å². The minimum atomic E-state index is -2.56. The first-order valence-electron chi connectivity index (χ1n) is 13.7. The average Bonchev–Trinajstić information content (AvgIpc) is 3.83. The molecule has 17 heteroatoms. The van der Waals surface area contributed by atoms with Crippen molar-refractivity contribution in [1.29, 1.82) is 0 Å². The van der Waals surface area contributed by atoms with Crippen molar-refractivity contribution in [1.82, 2.24) is 0 Å². The molecular formula is C30H32N3NaO13.